The van der Waals surface area contributed by atoms with E-state index >= 15 is 0 Å². The number of rotatable bonds is 2. The van der Waals surface area contributed by atoms with Gasteiger partial charge in [0.25, 0.3) is 0 Å². The van der Waals surface area contributed by atoms with E-state index in [4.69, 9.17) is 0 Å². The first-order valence-corrected chi connectivity index (χ1v) is 9.57. The van der Waals surface area contributed by atoms with Crippen molar-refractivity contribution in [3.05, 3.63) is 82.9 Å². The molecule has 3 aromatic rings. The molecule has 0 radical (unpaired) electrons. The summed E-state index contributed by atoms with van der Waals surface area (Å²) in [7, 11) is 1.45. The zero-order valence-corrected chi connectivity index (χ0v) is 17.1. The molecule has 1 aliphatic heterocycles. The van der Waals surface area contributed by atoms with Crippen LogP contribution in [0.5, 0.6) is 0 Å². The number of carbonyl (C=O) groups is 2. The molecule has 4 rings (SSSR count). The van der Waals surface area contributed by atoms with Crippen molar-refractivity contribution in [1.29, 1.82) is 0 Å². The molecule has 0 bridgehead atoms. The highest BCUT2D eigenvalue weighted by atomic mass is 19.1. The Bertz CT molecular complexity index is 1260. The second-order valence-electron chi connectivity index (χ2n) is 7.56. The summed E-state index contributed by atoms with van der Waals surface area (Å²) < 4.78 is 43.0. The van der Waals surface area contributed by atoms with Crippen LogP contribution in [0.25, 0.3) is 0 Å². The molecule has 1 saturated heterocycles. The lowest BCUT2D eigenvalue weighted by molar-refractivity contribution is -0.122. The minimum absolute atomic E-state index is 0.0264. The van der Waals surface area contributed by atoms with Crippen LogP contribution in [0.4, 0.5) is 23.7 Å². The highest BCUT2D eigenvalue weighted by Crippen LogP contribution is 2.38. The summed E-state index contributed by atoms with van der Waals surface area (Å²) in [6.45, 7) is 1.67. The smallest absolute Gasteiger partial charge is 0.317 e. The van der Waals surface area contributed by atoms with Crippen LogP contribution in [0, 0.1) is 29.3 Å². The Morgan fingerprint density at radius 3 is 2.38 bits per heavy atom. The van der Waals surface area contributed by atoms with Gasteiger partial charge in [-0.1, -0.05) is 17.9 Å². The van der Waals surface area contributed by atoms with Gasteiger partial charge in [0.2, 0.25) is 5.91 Å². The Kier molecular flexibility index (Phi) is 5.22. The topological polar surface area (TPSA) is 69.3 Å². The highest BCUT2D eigenvalue weighted by Gasteiger charge is 2.48. The van der Waals surface area contributed by atoms with Gasteiger partial charge in [0.15, 0.2) is 11.6 Å². The van der Waals surface area contributed by atoms with Gasteiger partial charge in [-0.15, -0.1) is 0 Å². The SMILES string of the molecule is CN1C(=O)N(c2c(F)cc(C#Cc3cccc(F)c3)cc2F)C(=O)C[C@@]1(C)c1cn[nH]c1. The lowest BCUT2D eigenvalue weighted by Crippen LogP contribution is -2.60. The van der Waals surface area contributed by atoms with Gasteiger partial charge < -0.3 is 4.90 Å². The van der Waals surface area contributed by atoms with E-state index in [9.17, 15) is 22.8 Å². The number of amides is 3. The number of nitrogens with zero attached hydrogens (tertiary/aromatic N) is 3. The molecule has 2 aromatic carbocycles. The number of hydrogen-bond acceptors (Lipinski definition) is 3. The summed E-state index contributed by atoms with van der Waals surface area (Å²) in [5, 5.41) is 6.47. The van der Waals surface area contributed by atoms with Crippen molar-refractivity contribution >= 4 is 17.6 Å². The first-order chi connectivity index (χ1) is 15.2. The maximum Gasteiger partial charge on any atom is 0.332 e. The summed E-state index contributed by atoms with van der Waals surface area (Å²) >= 11 is 0. The van der Waals surface area contributed by atoms with Crippen LogP contribution in [-0.2, 0) is 10.3 Å². The minimum Gasteiger partial charge on any atom is -0.317 e. The highest BCUT2D eigenvalue weighted by molar-refractivity contribution is 6.16. The van der Waals surface area contributed by atoms with Crippen molar-refractivity contribution < 1.29 is 22.8 Å². The molecule has 0 spiro atoms. The molecule has 2 heterocycles. The lowest BCUT2D eigenvalue weighted by atomic mass is 9.87. The van der Waals surface area contributed by atoms with Crippen LogP contribution in [0.3, 0.4) is 0 Å². The Morgan fingerprint density at radius 2 is 1.75 bits per heavy atom. The van der Waals surface area contributed by atoms with Crippen LogP contribution in [0.15, 0.2) is 48.8 Å². The molecule has 1 atom stereocenters. The van der Waals surface area contributed by atoms with Crippen molar-refractivity contribution in [2.75, 3.05) is 11.9 Å². The van der Waals surface area contributed by atoms with Crippen LogP contribution in [-0.4, -0.2) is 34.1 Å². The van der Waals surface area contributed by atoms with Crippen molar-refractivity contribution in [2.45, 2.75) is 18.9 Å². The number of aromatic nitrogens is 2. The van der Waals surface area contributed by atoms with Gasteiger partial charge in [0, 0.05) is 29.9 Å². The van der Waals surface area contributed by atoms with Crippen LogP contribution in [0.1, 0.15) is 30.0 Å². The Hall–Kier alpha value is -4.06. The van der Waals surface area contributed by atoms with Crippen LogP contribution < -0.4 is 4.90 Å². The average molecular weight is 438 g/mol. The Balaban J connectivity index is 1.67. The van der Waals surface area contributed by atoms with Gasteiger partial charge >= 0.3 is 6.03 Å². The molecular formula is C23H17F3N4O2. The first kappa shape index (κ1) is 21.2. The predicted octanol–water partition coefficient (Wildman–Crippen LogP) is 3.93. The third-order valence-electron chi connectivity index (χ3n) is 5.50. The van der Waals surface area contributed by atoms with Gasteiger partial charge in [0.1, 0.15) is 11.5 Å². The van der Waals surface area contributed by atoms with E-state index in [1.165, 1.54) is 36.3 Å². The number of H-pyrrole nitrogens is 1. The number of nitrogens with one attached hydrogen (secondary N) is 1. The molecule has 0 saturated carbocycles. The molecule has 0 aliphatic carbocycles. The molecule has 9 heteroatoms. The zero-order chi connectivity index (χ0) is 23.0. The van der Waals surface area contributed by atoms with Gasteiger partial charge in [-0.2, -0.15) is 5.10 Å². The largest absolute Gasteiger partial charge is 0.332 e. The summed E-state index contributed by atoms with van der Waals surface area (Å²) in [4.78, 5) is 27.6. The van der Waals surface area contributed by atoms with Crippen molar-refractivity contribution in [1.82, 2.24) is 15.1 Å². The summed E-state index contributed by atoms with van der Waals surface area (Å²) in [5.74, 6) is 1.70. The number of anilines is 1. The van der Waals surface area contributed by atoms with E-state index in [1.807, 2.05) is 0 Å². The van der Waals surface area contributed by atoms with E-state index in [0.717, 1.165) is 12.1 Å². The molecule has 6 nitrogen and oxygen atoms in total. The fraction of sp³-hybridized carbons (Fsp3) is 0.174. The number of urea groups is 1. The molecule has 3 amide bonds. The molecule has 1 fully saturated rings. The average Bonchev–Trinajstić information content (AvgIpc) is 3.28. The summed E-state index contributed by atoms with van der Waals surface area (Å²) in [6, 6.07) is 6.43. The number of carbonyl (C=O) groups excluding carboxylic acids is 2. The van der Waals surface area contributed by atoms with Crippen LogP contribution in [0.2, 0.25) is 0 Å². The molecule has 0 unspecified atom stereocenters. The number of aromatic amines is 1. The van der Waals surface area contributed by atoms with Crippen molar-refractivity contribution in [3.63, 3.8) is 0 Å². The number of benzene rings is 2. The van der Waals surface area contributed by atoms with Gasteiger partial charge in [0.05, 0.1) is 18.2 Å². The number of halogens is 3. The van der Waals surface area contributed by atoms with E-state index in [2.05, 4.69) is 22.0 Å². The van der Waals surface area contributed by atoms with Gasteiger partial charge in [-0.25, -0.2) is 22.9 Å². The van der Waals surface area contributed by atoms with Crippen molar-refractivity contribution in [2.24, 2.45) is 0 Å². The predicted molar refractivity (Wildman–Crippen MR) is 110 cm³/mol. The maximum atomic E-state index is 14.9. The lowest BCUT2D eigenvalue weighted by Gasteiger charge is -2.45. The molecular weight excluding hydrogens is 421 g/mol. The fourth-order valence-corrected chi connectivity index (χ4v) is 3.58. The second kappa shape index (κ2) is 7.89. The molecule has 1 N–H and O–H groups in total. The zero-order valence-electron chi connectivity index (χ0n) is 17.1. The standard InChI is InChI=1S/C23H17F3N4O2/c1-23(16-12-27-28-13-16)11-20(31)30(22(32)29(23)2)21-18(25)9-15(10-19(21)26)7-6-14-4-3-5-17(24)8-14/h3-5,8-10,12-13H,11H2,1-2H3,(H,27,28)/t23-/m0/s1. The molecule has 1 aromatic heterocycles. The minimum atomic E-state index is -1.12. The van der Waals surface area contributed by atoms with E-state index in [0.29, 0.717) is 16.0 Å². The Morgan fingerprint density at radius 1 is 1.06 bits per heavy atom. The monoisotopic (exact) mass is 438 g/mol. The molecule has 162 valence electrons. The van der Waals surface area contributed by atoms with Crippen molar-refractivity contribution in [3.8, 4) is 11.8 Å². The Labute approximate surface area is 181 Å². The third-order valence-corrected chi connectivity index (χ3v) is 5.50. The van der Waals surface area contributed by atoms with Crippen LogP contribution >= 0.6 is 0 Å². The van der Waals surface area contributed by atoms with Gasteiger partial charge in [-0.3, -0.25) is 9.89 Å². The van der Waals surface area contributed by atoms with E-state index in [-0.39, 0.29) is 12.0 Å². The second-order valence-corrected chi connectivity index (χ2v) is 7.56. The van der Waals surface area contributed by atoms with E-state index < -0.39 is 40.6 Å². The maximum absolute atomic E-state index is 14.9. The fourth-order valence-electron chi connectivity index (χ4n) is 3.58. The molecule has 32 heavy (non-hydrogen) atoms. The quantitative estimate of drug-likeness (QED) is 0.617. The van der Waals surface area contributed by atoms with Gasteiger partial charge in [-0.05, 0) is 37.3 Å². The summed E-state index contributed by atoms with van der Waals surface area (Å²) in [5.41, 5.74) is -0.901. The molecule has 1 aliphatic rings. The number of hydrogen-bond donors (Lipinski definition) is 1. The first-order valence-electron chi connectivity index (χ1n) is 9.57. The number of imide groups is 1. The normalized spacial score (nSPS) is 18.5. The third kappa shape index (κ3) is 3.60. The summed E-state index contributed by atoms with van der Waals surface area (Å²) in [6.07, 6.45) is 2.84. The van der Waals surface area contributed by atoms with E-state index in [1.54, 1.807) is 19.2 Å².